The van der Waals surface area contributed by atoms with Crippen molar-refractivity contribution in [1.82, 2.24) is 9.88 Å². The lowest BCUT2D eigenvalue weighted by Gasteiger charge is -2.27. The molecule has 1 unspecified atom stereocenters. The maximum Gasteiger partial charge on any atom is 0.288 e. The van der Waals surface area contributed by atoms with Gasteiger partial charge in [-0.15, -0.1) is 0 Å². The van der Waals surface area contributed by atoms with Gasteiger partial charge in [0.1, 0.15) is 6.10 Å². The van der Waals surface area contributed by atoms with Crippen molar-refractivity contribution >= 4 is 6.02 Å². The summed E-state index contributed by atoms with van der Waals surface area (Å²) < 4.78 is 5.92. The van der Waals surface area contributed by atoms with Crippen molar-refractivity contribution in [2.45, 2.75) is 25.4 Å². The number of hydrogen-bond donors (Lipinski definition) is 0. The summed E-state index contributed by atoms with van der Waals surface area (Å²) in [6.45, 7) is 2.88. The van der Waals surface area contributed by atoms with Gasteiger partial charge in [0.15, 0.2) is 0 Å². The van der Waals surface area contributed by atoms with Crippen LogP contribution >= 0.6 is 0 Å². The highest BCUT2D eigenvalue weighted by molar-refractivity contribution is 5.75. The normalized spacial score (nSPS) is 24.4. The Kier molecular flexibility index (Phi) is 2.94. The first-order chi connectivity index (χ1) is 8.43. The highest BCUT2D eigenvalue weighted by Gasteiger charge is 2.26. The molecule has 0 aliphatic carbocycles. The van der Waals surface area contributed by atoms with E-state index in [1.807, 2.05) is 18.3 Å². The van der Waals surface area contributed by atoms with Gasteiger partial charge in [-0.05, 0) is 25.3 Å². The lowest BCUT2D eigenvalue weighted by atomic mass is 10.1. The molecule has 2 aliphatic heterocycles. The molecule has 4 heteroatoms. The van der Waals surface area contributed by atoms with E-state index in [1.54, 1.807) is 6.20 Å². The first kappa shape index (κ1) is 10.6. The lowest BCUT2D eigenvalue weighted by Crippen LogP contribution is -2.36. The van der Waals surface area contributed by atoms with Crippen LogP contribution in [0.1, 0.15) is 30.9 Å². The third-order valence-corrected chi connectivity index (χ3v) is 3.32. The Morgan fingerprint density at radius 3 is 2.88 bits per heavy atom. The zero-order valence-corrected chi connectivity index (χ0v) is 9.88. The fourth-order valence-corrected chi connectivity index (χ4v) is 2.36. The molecule has 0 amide bonds. The van der Waals surface area contributed by atoms with Gasteiger partial charge >= 0.3 is 0 Å². The van der Waals surface area contributed by atoms with Crippen LogP contribution in [0.15, 0.2) is 29.5 Å². The molecule has 4 nitrogen and oxygen atoms in total. The molecule has 17 heavy (non-hydrogen) atoms. The van der Waals surface area contributed by atoms with Gasteiger partial charge in [0.25, 0.3) is 6.02 Å². The number of ether oxygens (including phenoxy) is 1. The predicted molar refractivity (Wildman–Crippen MR) is 65.8 cm³/mol. The van der Waals surface area contributed by atoms with Crippen LogP contribution in [0, 0.1) is 0 Å². The molecule has 1 atom stereocenters. The molecule has 3 rings (SSSR count). The van der Waals surface area contributed by atoms with E-state index in [0.29, 0.717) is 0 Å². The molecule has 1 saturated heterocycles. The number of aromatic nitrogens is 1. The van der Waals surface area contributed by atoms with Crippen molar-refractivity contribution in [3.8, 4) is 0 Å². The lowest BCUT2D eigenvalue weighted by molar-refractivity contribution is 0.175. The van der Waals surface area contributed by atoms with Crippen LogP contribution in [0.2, 0.25) is 0 Å². The van der Waals surface area contributed by atoms with Gasteiger partial charge in [0.2, 0.25) is 0 Å². The molecular formula is C13H17N3O. The summed E-state index contributed by atoms with van der Waals surface area (Å²) in [4.78, 5) is 10.9. The molecule has 3 heterocycles. The molecule has 1 aromatic rings. The Hall–Kier alpha value is -1.58. The second kappa shape index (κ2) is 4.73. The second-order valence-electron chi connectivity index (χ2n) is 4.56. The van der Waals surface area contributed by atoms with Gasteiger partial charge in [0, 0.05) is 31.0 Å². The average molecular weight is 231 g/mol. The Balaban J connectivity index is 1.64. The number of piperidine rings is 1. The Morgan fingerprint density at radius 2 is 2.12 bits per heavy atom. The standard InChI is InChI=1S/C13H17N3O/c1-2-7-16(8-3-1)13-15-10-12(17-13)11-5-4-6-14-9-11/h4-6,9,12H,1-3,7-8,10H2. The largest absolute Gasteiger partial charge is 0.455 e. The SMILES string of the molecule is c1cncc(C2CN=C(N3CCCCC3)O2)c1. The van der Waals surface area contributed by atoms with E-state index in [1.165, 1.54) is 19.3 Å². The topological polar surface area (TPSA) is 37.7 Å². The summed E-state index contributed by atoms with van der Waals surface area (Å²) >= 11 is 0. The molecular weight excluding hydrogens is 214 g/mol. The quantitative estimate of drug-likeness (QED) is 0.742. The third-order valence-electron chi connectivity index (χ3n) is 3.32. The number of nitrogens with zero attached hydrogens (tertiary/aromatic N) is 3. The summed E-state index contributed by atoms with van der Waals surface area (Å²) in [6.07, 6.45) is 7.53. The fraction of sp³-hybridized carbons (Fsp3) is 0.538. The molecule has 0 aromatic carbocycles. The average Bonchev–Trinajstić information content (AvgIpc) is 2.90. The Labute approximate surface area is 101 Å². The van der Waals surface area contributed by atoms with E-state index in [2.05, 4.69) is 14.9 Å². The smallest absolute Gasteiger partial charge is 0.288 e. The van der Waals surface area contributed by atoms with E-state index in [9.17, 15) is 0 Å². The summed E-state index contributed by atoms with van der Waals surface area (Å²) in [5.74, 6) is 0. The zero-order valence-electron chi connectivity index (χ0n) is 9.88. The highest BCUT2D eigenvalue weighted by Crippen LogP contribution is 2.24. The Bertz CT molecular complexity index is 398. The van der Waals surface area contributed by atoms with Crippen LogP contribution in [0.3, 0.4) is 0 Å². The van der Waals surface area contributed by atoms with Crippen LogP contribution in [0.4, 0.5) is 0 Å². The first-order valence-corrected chi connectivity index (χ1v) is 6.29. The van der Waals surface area contributed by atoms with Crippen molar-refractivity contribution in [2.24, 2.45) is 4.99 Å². The highest BCUT2D eigenvalue weighted by atomic mass is 16.5. The summed E-state index contributed by atoms with van der Waals surface area (Å²) in [7, 11) is 0. The second-order valence-corrected chi connectivity index (χ2v) is 4.56. The fourth-order valence-electron chi connectivity index (χ4n) is 2.36. The third kappa shape index (κ3) is 2.25. The maximum absolute atomic E-state index is 5.92. The number of likely N-dealkylation sites (tertiary alicyclic amines) is 1. The van der Waals surface area contributed by atoms with Crippen molar-refractivity contribution in [3.63, 3.8) is 0 Å². The minimum atomic E-state index is 0.0561. The molecule has 0 radical (unpaired) electrons. The summed E-state index contributed by atoms with van der Waals surface area (Å²) in [5, 5.41) is 0. The van der Waals surface area contributed by atoms with E-state index in [4.69, 9.17) is 4.74 Å². The van der Waals surface area contributed by atoms with Crippen LogP contribution in [0.5, 0.6) is 0 Å². The molecule has 0 saturated carbocycles. The molecule has 0 bridgehead atoms. The van der Waals surface area contributed by atoms with Crippen molar-refractivity contribution in [1.29, 1.82) is 0 Å². The molecule has 0 spiro atoms. The summed E-state index contributed by atoms with van der Waals surface area (Å²) in [6, 6.07) is 4.82. The van der Waals surface area contributed by atoms with Gasteiger partial charge < -0.3 is 9.64 Å². The number of aliphatic imine (C=N–C) groups is 1. The number of hydrogen-bond acceptors (Lipinski definition) is 4. The molecule has 2 aliphatic rings. The van der Waals surface area contributed by atoms with E-state index >= 15 is 0 Å². The van der Waals surface area contributed by atoms with Crippen LogP contribution < -0.4 is 0 Å². The van der Waals surface area contributed by atoms with Gasteiger partial charge in [-0.1, -0.05) is 6.07 Å². The maximum atomic E-state index is 5.92. The van der Waals surface area contributed by atoms with Gasteiger partial charge in [-0.2, -0.15) is 0 Å². The minimum Gasteiger partial charge on any atom is -0.455 e. The Morgan fingerprint density at radius 1 is 1.24 bits per heavy atom. The minimum absolute atomic E-state index is 0.0561. The number of amidine groups is 1. The monoisotopic (exact) mass is 231 g/mol. The van der Waals surface area contributed by atoms with Gasteiger partial charge in [0.05, 0.1) is 6.54 Å². The predicted octanol–water partition coefficient (Wildman–Crippen LogP) is 1.99. The summed E-state index contributed by atoms with van der Waals surface area (Å²) in [5.41, 5.74) is 1.11. The van der Waals surface area contributed by atoms with Crippen LogP contribution in [-0.2, 0) is 4.74 Å². The zero-order chi connectivity index (χ0) is 11.5. The van der Waals surface area contributed by atoms with E-state index in [0.717, 1.165) is 31.2 Å². The molecule has 90 valence electrons. The molecule has 1 aromatic heterocycles. The molecule has 0 N–H and O–H groups in total. The van der Waals surface area contributed by atoms with Crippen LogP contribution in [-0.4, -0.2) is 35.5 Å². The van der Waals surface area contributed by atoms with Crippen molar-refractivity contribution < 1.29 is 4.74 Å². The van der Waals surface area contributed by atoms with Crippen LogP contribution in [0.25, 0.3) is 0 Å². The number of rotatable bonds is 1. The van der Waals surface area contributed by atoms with E-state index < -0.39 is 0 Å². The van der Waals surface area contributed by atoms with Crippen molar-refractivity contribution in [2.75, 3.05) is 19.6 Å². The van der Waals surface area contributed by atoms with E-state index in [-0.39, 0.29) is 6.10 Å². The number of pyridine rings is 1. The molecule has 1 fully saturated rings. The first-order valence-electron chi connectivity index (χ1n) is 6.29. The van der Waals surface area contributed by atoms with Crippen molar-refractivity contribution in [3.05, 3.63) is 30.1 Å². The van der Waals surface area contributed by atoms with Gasteiger partial charge in [-0.3, -0.25) is 4.98 Å². The van der Waals surface area contributed by atoms with Gasteiger partial charge in [-0.25, -0.2) is 4.99 Å².